The minimum atomic E-state index is -1.20. The lowest BCUT2D eigenvalue weighted by Crippen LogP contribution is -2.29. The number of nitrogens with one attached hydrogen (secondary N) is 1. The number of rotatable bonds is 7. The quantitative estimate of drug-likeness (QED) is 0.525. The summed E-state index contributed by atoms with van der Waals surface area (Å²) in [4.78, 5) is 17.2. The van der Waals surface area contributed by atoms with E-state index < -0.39 is 8.07 Å². The van der Waals surface area contributed by atoms with Crippen LogP contribution >= 0.6 is 0 Å². The highest BCUT2D eigenvalue weighted by atomic mass is 28.3. The van der Waals surface area contributed by atoms with E-state index in [2.05, 4.69) is 67.1 Å². The van der Waals surface area contributed by atoms with Crippen LogP contribution in [0.1, 0.15) is 16.7 Å². The molecule has 0 atom stereocenters. The molecule has 5 heteroatoms. The maximum absolute atomic E-state index is 12.3. The number of nitrogens with zero attached hydrogens (tertiary/aromatic N) is 1. The first kappa shape index (κ1) is 20.2. The molecule has 3 rings (SSSR count). The predicted molar refractivity (Wildman–Crippen MR) is 119 cm³/mol. The molecule has 148 valence electrons. The fraction of sp³-hybridized carbons (Fsp3) is 0.348. The number of benzene rings is 2. The Bertz CT molecular complexity index is 943. The standard InChI is InChI=1S/C23H30N2O2Si/c1-25(23(26)27-13-14-28(2,3)4)17-21-8-6-5-7-19(21)15-18-9-10-22-20(16-18)11-12-24-22/h5-12,16,24H,13-15,17H2,1-4H3. The molecular formula is C23H30N2O2Si. The molecule has 0 aliphatic rings. The summed E-state index contributed by atoms with van der Waals surface area (Å²) in [5.74, 6) is 0. The molecule has 2 aromatic carbocycles. The Morgan fingerprint density at radius 3 is 2.57 bits per heavy atom. The first-order chi connectivity index (χ1) is 13.3. The highest BCUT2D eigenvalue weighted by Crippen LogP contribution is 2.20. The number of aromatic nitrogens is 1. The Balaban J connectivity index is 1.65. The summed E-state index contributed by atoms with van der Waals surface area (Å²) >= 11 is 0. The van der Waals surface area contributed by atoms with E-state index in [0.717, 1.165) is 23.5 Å². The molecule has 0 unspecified atom stereocenters. The van der Waals surface area contributed by atoms with Gasteiger partial charge in [0.25, 0.3) is 0 Å². The van der Waals surface area contributed by atoms with Crippen LogP contribution in [-0.4, -0.2) is 37.7 Å². The molecule has 1 N–H and O–H groups in total. The second kappa shape index (κ2) is 8.65. The first-order valence-corrected chi connectivity index (χ1v) is 13.5. The second-order valence-corrected chi connectivity index (χ2v) is 14.2. The van der Waals surface area contributed by atoms with E-state index in [0.29, 0.717) is 13.2 Å². The molecule has 0 saturated carbocycles. The van der Waals surface area contributed by atoms with Gasteiger partial charge < -0.3 is 14.6 Å². The maximum atomic E-state index is 12.3. The van der Waals surface area contributed by atoms with Gasteiger partial charge in [0.2, 0.25) is 0 Å². The first-order valence-electron chi connectivity index (χ1n) is 9.82. The normalized spacial score (nSPS) is 11.6. The van der Waals surface area contributed by atoms with E-state index in [4.69, 9.17) is 4.74 Å². The zero-order chi connectivity index (χ0) is 20.1. The van der Waals surface area contributed by atoms with Crippen molar-refractivity contribution in [3.05, 3.63) is 71.4 Å². The lowest BCUT2D eigenvalue weighted by Gasteiger charge is -2.21. The van der Waals surface area contributed by atoms with Gasteiger partial charge in [-0.15, -0.1) is 0 Å². The van der Waals surface area contributed by atoms with Crippen molar-refractivity contribution in [2.24, 2.45) is 0 Å². The van der Waals surface area contributed by atoms with Crippen LogP contribution in [0.15, 0.2) is 54.7 Å². The fourth-order valence-corrected chi connectivity index (χ4v) is 3.91. The van der Waals surface area contributed by atoms with Gasteiger partial charge >= 0.3 is 6.09 Å². The fourth-order valence-electron chi connectivity index (χ4n) is 3.19. The molecular weight excluding hydrogens is 364 g/mol. The van der Waals surface area contributed by atoms with Crippen molar-refractivity contribution < 1.29 is 9.53 Å². The summed E-state index contributed by atoms with van der Waals surface area (Å²) < 4.78 is 5.47. The Morgan fingerprint density at radius 2 is 1.82 bits per heavy atom. The lowest BCUT2D eigenvalue weighted by atomic mass is 9.99. The number of fused-ring (bicyclic) bond motifs is 1. The summed E-state index contributed by atoms with van der Waals surface area (Å²) in [7, 11) is 0.607. The van der Waals surface area contributed by atoms with Crippen LogP contribution in [0.5, 0.6) is 0 Å². The van der Waals surface area contributed by atoms with Crippen molar-refractivity contribution in [1.82, 2.24) is 9.88 Å². The number of hydrogen-bond acceptors (Lipinski definition) is 2. The molecule has 28 heavy (non-hydrogen) atoms. The average molecular weight is 395 g/mol. The van der Waals surface area contributed by atoms with Crippen molar-refractivity contribution in [1.29, 1.82) is 0 Å². The molecule has 0 saturated heterocycles. The summed E-state index contributed by atoms with van der Waals surface area (Å²) in [5.41, 5.74) is 4.80. The minimum absolute atomic E-state index is 0.248. The van der Waals surface area contributed by atoms with Gasteiger partial charge in [-0.05, 0) is 52.7 Å². The zero-order valence-corrected chi connectivity index (χ0v) is 18.3. The van der Waals surface area contributed by atoms with Crippen LogP contribution in [0, 0.1) is 0 Å². The average Bonchev–Trinajstić information content (AvgIpc) is 3.10. The Morgan fingerprint density at radius 1 is 1.07 bits per heavy atom. The zero-order valence-electron chi connectivity index (χ0n) is 17.3. The van der Waals surface area contributed by atoms with E-state index in [-0.39, 0.29) is 6.09 Å². The molecule has 0 bridgehead atoms. The van der Waals surface area contributed by atoms with Gasteiger partial charge in [-0.3, -0.25) is 0 Å². The lowest BCUT2D eigenvalue weighted by molar-refractivity contribution is 0.114. The molecule has 0 fully saturated rings. The third-order valence-corrected chi connectivity index (χ3v) is 6.63. The van der Waals surface area contributed by atoms with Crippen molar-refractivity contribution in [3.63, 3.8) is 0 Å². The van der Waals surface area contributed by atoms with Gasteiger partial charge in [-0.1, -0.05) is 50.0 Å². The molecule has 4 nitrogen and oxygen atoms in total. The van der Waals surface area contributed by atoms with Crippen LogP contribution in [0.25, 0.3) is 10.9 Å². The topological polar surface area (TPSA) is 45.3 Å². The maximum Gasteiger partial charge on any atom is 0.409 e. The van der Waals surface area contributed by atoms with Gasteiger partial charge in [0.15, 0.2) is 0 Å². The minimum Gasteiger partial charge on any atom is -0.450 e. The van der Waals surface area contributed by atoms with Gasteiger partial charge in [-0.25, -0.2) is 4.79 Å². The van der Waals surface area contributed by atoms with Crippen LogP contribution in [0.3, 0.4) is 0 Å². The number of H-pyrrole nitrogens is 1. The SMILES string of the molecule is CN(Cc1ccccc1Cc1ccc2[nH]ccc2c1)C(=O)OCC[Si](C)(C)C. The van der Waals surface area contributed by atoms with Crippen molar-refractivity contribution in [3.8, 4) is 0 Å². The number of hydrogen-bond donors (Lipinski definition) is 1. The summed E-state index contributed by atoms with van der Waals surface area (Å²) in [5, 5.41) is 1.22. The second-order valence-electron chi connectivity index (χ2n) is 8.63. The van der Waals surface area contributed by atoms with Gasteiger partial charge in [0.05, 0.1) is 6.61 Å². The summed E-state index contributed by atoms with van der Waals surface area (Å²) in [6.07, 6.45) is 2.56. The Kier molecular flexibility index (Phi) is 6.24. The Hall–Kier alpha value is -2.53. The van der Waals surface area contributed by atoms with Crippen molar-refractivity contribution in [2.45, 2.75) is 38.7 Å². The molecule has 1 aromatic heterocycles. The highest BCUT2D eigenvalue weighted by molar-refractivity contribution is 6.76. The summed E-state index contributed by atoms with van der Waals surface area (Å²) in [6.45, 7) is 7.91. The number of carbonyl (C=O) groups is 1. The monoisotopic (exact) mass is 394 g/mol. The molecule has 1 amide bonds. The molecule has 0 radical (unpaired) electrons. The van der Waals surface area contributed by atoms with Crippen LogP contribution in [0.2, 0.25) is 25.7 Å². The summed E-state index contributed by atoms with van der Waals surface area (Å²) in [6, 6.07) is 17.9. The molecule has 0 spiro atoms. The van der Waals surface area contributed by atoms with Crippen molar-refractivity contribution >= 4 is 25.1 Å². The van der Waals surface area contributed by atoms with Crippen molar-refractivity contribution in [2.75, 3.05) is 13.7 Å². The van der Waals surface area contributed by atoms with Gasteiger partial charge in [-0.2, -0.15) is 0 Å². The van der Waals surface area contributed by atoms with Gasteiger partial charge in [0, 0.05) is 33.4 Å². The van der Waals surface area contributed by atoms with E-state index in [1.807, 2.05) is 12.3 Å². The predicted octanol–water partition coefficient (Wildman–Crippen LogP) is 5.67. The number of aromatic amines is 1. The number of amides is 1. The Labute approximate surface area is 168 Å². The van der Waals surface area contributed by atoms with E-state index >= 15 is 0 Å². The largest absolute Gasteiger partial charge is 0.450 e. The van der Waals surface area contributed by atoms with Crippen LogP contribution in [-0.2, 0) is 17.7 Å². The molecule has 0 aliphatic heterocycles. The molecule has 0 aliphatic carbocycles. The van der Waals surface area contributed by atoms with Crippen LogP contribution in [0.4, 0.5) is 4.79 Å². The van der Waals surface area contributed by atoms with E-state index in [1.165, 1.54) is 16.5 Å². The van der Waals surface area contributed by atoms with E-state index in [1.54, 1.807) is 11.9 Å². The van der Waals surface area contributed by atoms with Crippen LogP contribution < -0.4 is 0 Å². The van der Waals surface area contributed by atoms with E-state index in [9.17, 15) is 4.79 Å². The molecule has 1 heterocycles. The number of carbonyl (C=O) groups excluding carboxylic acids is 1. The molecule has 3 aromatic rings. The highest BCUT2D eigenvalue weighted by Gasteiger charge is 2.16. The van der Waals surface area contributed by atoms with Gasteiger partial charge in [0.1, 0.15) is 0 Å². The number of ether oxygens (including phenoxy) is 1. The third-order valence-electron chi connectivity index (χ3n) is 4.93. The third kappa shape index (κ3) is 5.49. The smallest absolute Gasteiger partial charge is 0.409 e.